The van der Waals surface area contributed by atoms with E-state index in [-0.39, 0.29) is 18.1 Å². The Bertz CT molecular complexity index is 259. The van der Waals surface area contributed by atoms with Crippen LogP contribution in [-0.2, 0) is 14.3 Å². The number of amides is 1. The third-order valence-electron chi connectivity index (χ3n) is 3.09. The molecule has 0 spiro atoms. The molecule has 0 bridgehead atoms. The number of carbonyl (C=O) groups excluding carboxylic acids is 2. The summed E-state index contributed by atoms with van der Waals surface area (Å²) in [5.74, 6) is 0.545. The van der Waals surface area contributed by atoms with Crippen molar-refractivity contribution < 1.29 is 14.3 Å². The normalized spacial score (nSPS) is 28.3. The lowest BCUT2D eigenvalue weighted by Crippen LogP contribution is -2.43. The van der Waals surface area contributed by atoms with Crippen LogP contribution in [0.3, 0.4) is 0 Å². The Balaban J connectivity index is 1.82. The minimum Gasteiger partial charge on any atom is -0.381 e. The van der Waals surface area contributed by atoms with Gasteiger partial charge in [0, 0.05) is 26.1 Å². The SMILES string of the molecule is O=C1CCN(CC2CCCOC2)C(=O)C1. The number of nitrogens with zero attached hydrogens (tertiary/aromatic N) is 1. The summed E-state index contributed by atoms with van der Waals surface area (Å²) in [6.45, 7) is 2.99. The van der Waals surface area contributed by atoms with Crippen molar-refractivity contribution in [1.29, 1.82) is 0 Å². The molecule has 1 amide bonds. The van der Waals surface area contributed by atoms with Gasteiger partial charge in [0.05, 0.1) is 13.0 Å². The second kappa shape index (κ2) is 4.75. The van der Waals surface area contributed by atoms with Crippen molar-refractivity contribution >= 4 is 11.7 Å². The first kappa shape index (κ1) is 10.6. The molecular weight excluding hydrogens is 194 g/mol. The molecule has 0 radical (unpaired) electrons. The van der Waals surface area contributed by atoms with Crippen LogP contribution in [0.1, 0.15) is 25.7 Å². The molecule has 2 heterocycles. The van der Waals surface area contributed by atoms with Gasteiger partial charge in [0.25, 0.3) is 0 Å². The summed E-state index contributed by atoms with van der Waals surface area (Å²) in [6, 6.07) is 0. The van der Waals surface area contributed by atoms with Crippen molar-refractivity contribution in [2.24, 2.45) is 5.92 Å². The Morgan fingerprint density at radius 2 is 2.27 bits per heavy atom. The van der Waals surface area contributed by atoms with Gasteiger partial charge in [-0.3, -0.25) is 9.59 Å². The lowest BCUT2D eigenvalue weighted by molar-refractivity contribution is -0.140. The van der Waals surface area contributed by atoms with Gasteiger partial charge in [0.1, 0.15) is 5.78 Å². The Morgan fingerprint density at radius 1 is 1.40 bits per heavy atom. The van der Waals surface area contributed by atoms with Crippen molar-refractivity contribution in [2.45, 2.75) is 25.7 Å². The third kappa shape index (κ3) is 2.78. The molecule has 2 aliphatic heterocycles. The number of rotatable bonds is 2. The maximum atomic E-state index is 11.5. The van der Waals surface area contributed by atoms with Gasteiger partial charge in [-0.05, 0) is 18.8 Å². The van der Waals surface area contributed by atoms with E-state index in [9.17, 15) is 9.59 Å². The standard InChI is InChI=1S/C11H17NO3/c13-10-3-4-12(11(14)6-10)7-9-2-1-5-15-8-9/h9H,1-8H2. The fourth-order valence-electron chi connectivity index (χ4n) is 2.21. The molecule has 0 aromatic carbocycles. The van der Waals surface area contributed by atoms with Crippen molar-refractivity contribution in [2.75, 3.05) is 26.3 Å². The van der Waals surface area contributed by atoms with Gasteiger partial charge in [-0.25, -0.2) is 0 Å². The van der Waals surface area contributed by atoms with Crippen LogP contribution < -0.4 is 0 Å². The predicted molar refractivity (Wildman–Crippen MR) is 54.4 cm³/mol. The zero-order valence-electron chi connectivity index (χ0n) is 8.91. The maximum absolute atomic E-state index is 11.5. The van der Waals surface area contributed by atoms with Gasteiger partial charge in [-0.15, -0.1) is 0 Å². The molecule has 84 valence electrons. The fourth-order valence-corrected chi connectivity index (χ4v) is 2.21. The quantitative estimate of drug-likeness (QED) is 0.628. The van der Waals surface area contributed by atoms with Gasteiger partial charge >= 0.3 is 0 Å². The average molecular weight is 211 g/mol. The van der Waals surface area contributed by atoms with Crippen molar-refractivity contribution in [3.8, 4) is 0 Å². The second-order valence-electron chi connectivity index (χ2n) is 4.39. The summed E-state index contributed by atoms with van der Waals surface area (Å²) in [4.78, 5) is 24.4. The minimum absolute atomic E-state index is 0.00294. The molecule has 1 unspecified atom stereocenters. The van der Waals surface area contributed by atoms with Crippen LogP contribution in [0, 0.1) is 5.92 Å². The molecule has 0 aliphatic carbocycles. The van der Waals surface area contributed by atoms with E-state index < -0.39 is 0 Å². The number of carbonyl (C=O) groups is 2. The first-order chi connectivity index (χ1) is 7.25. The average Bonchev–Trinajstić information content (AvgIpc) is 2.24. The van der Waals surface area contributed by atoms with E-state index in [1.54, 1.807) is 0 Å². The van der Waals surface area contributed by atoms with E-state index in [0.717, 1.165) is 32.6 Å². The highest BCUT2D eigenvalue weighted by Crippen LogP contribution is 2.17. The van der Waals surface area contributed by atoms with Gasteiger partial charge in [0.2, 0.25) is 5.91 Å². The summed E-state index contributed by atoms with van der Waals surface area (Å²) in [7, 11) is 0. The van der Waals surface area contributed by atoms with E-state index in [2.05, 4.69) is 0 Å². The van der Waals surface area contributed by atoms with Gasteiger partial charge in [-0.2, -0.15) is 0 Å². The molecule has 2 rings (SSSR count). The van der Waals surface area contributed by atoms with Crippen LogP contribution in [-0.4, -0.2) is 42.9 Å². The monoisotopic (exact) mass is 211 g/mol. The van der Waals surface area contributed by atoms with Gasteiger partial charge < -0.3 is 9.64 Å². The van der Waals surface area contributed by atoms with Crippen molar-refractivity contribution in [3.63, 3.8) is 0 Å². The summed E-state index contributed by atoms with van der Waals surface area (Å²) in [5.41, 5.74) is 0. The smallest absolute Gasteiger partial charge is 0.230 e. The lowest BCUT2D eigenvalue weighted by atomic mass is 10.00. The summed E-state index contributed by atoms with van der Waals surface area (Å²) in [5, 5.41) is 0. The molecule has 2 aliphatic rings. The van der Waals surface area contributed by atoms with Crippen LogP contribution in [0.25, 0.3) is 0 Å². The highest BCUT2D eigenvalue weighted by atomic mass is 16.5. The van der Waals surface area contributed by atoms with Crippen LogP contribution in [0.15, 0.2) is 0 Å². The number of likely N-dealkylation sites (tertiary alicyclic amines) is 1. The van der Waals surface area contributed by atoms with Crippen LogP contribution in [0.4, 0.5) is 0 Å². The summed E-state index contributed by atoms with van der Waals surface area (Å²) in [6.07, 6.45) is 2.86. The molecule has 2 saturated heterocycles. The number of piperidine rings is 1. The highest BCUT2D eigenvalue weighted by Gasteiger charge is 2.26. The number of ketones is 1. The Hall–Kier alpha value is -0.900. The third-order valence-corrected chi connectivity index (χ3v) is 3.09. The van der Waals surface area contributed by atoms with Gasteiger partial charge in [-0.1, -0.05) is 0 Å². The van der Waals surface area contributed by atoms with E-state index in [1.807, 2.05) is 4.90 Å². The molecule has 0 aromatic rings. The summed E-state index contributed by atoms with van der Waals surface area (Å²) >= 11 is 0. The molecule has 15 heavy (non-hydrogen) atoms. The Morgan fingerprint density at radius 3 is 2.93 bits per heavy atom. The number of ether oxygens (including phenoxy) is 1. The topological polar surface area (TPSA) is 46.6 Å². The van der Waals surface area contributed by atoms with E-state index in [1.165, 1.54) is 0 Å². The van der Waals surface area contributed by atoms with E-state index in [0.29, 0.717) is 18.9 Å². The predicted octanol–water partition coefficient (Wildman–Crippen LogP) is 0.605. The van der Waals surface area contributed by atoms with Crippen molar-refractivity contribution in [3.05, 3.63) is 0 Å². The molecule has 0 N–H and O–H groups in total. The second-order valence-corrected chi connectivity index (χ2v) is 4.39. The first-order valence-electron chi connectivity index (χ1n) is 5.63. The Kier molecular flexibility index (Phi) is 3.36. The molecule has 0 aromatic heterocycles. The van der Waals surface area contributed by atoms with Crippen LogP contribution >= 0.6 is 0 Å². The fraction of sp³-hybridized carbons (Fsp3) is 0.818. The number of Topliss-reactive ketones (excluding diaryl/α,β-unsaturated/α-hetero) is 1. The van der Waals surface area contributed by atoms with Crippen LogP contribution in [0.5, 0.6) is 0 Å². The largest absolute Gasteiger partial charge is 0.381 e. The zero-order valence-corrected chi connectivity index (χ0v) is 8.91. The Labute approximate surface area is 89.6 Å². The zero-order chi connectivity index (χ0) is 10.7. The maximum Gasteiger partial charge on any atom is 0.230 e. The minimum atomic E-state index is -0.00294. The molecule has 4 heteroatoms. The van der Waals surface area contributed by atoms with Crippen LogP contribution in [0.2, 0.25) is 0 Å². The molecule has 1 atom stereocenters. The molecular formula is C11H17NO3. The molecule has 0 saturated carbocycles. The lowest BCUT2D eigenvalue weighted by Gasteiger charge is -2.31. The highest BCUT2D eigenvalue weighted by molar-refractivity contribution is 6.00. The summed E-state index contributed by atoms with van der Waals surface area (Å²) < 4.78 is 5.38. The van der Waals surface area contributed by atoms with E-state index >= 15 is 0 Å². The first-order valence-corrected chi connectivity index (χ1v) is 5.63. The van der Waals surface area contributed by atoms with E-state index in [4.69, 9.17) is 4.74 Å². The number of hydrogen-bond donors (Lipinski definition) is 0. The van der Waals surface area contributed by atoms with Crippen molar-refractivity contribution in [1.82, 2.24) is 4.90 Å². The molecule has 2 fully saturated rings. The molecule has 4 nitrogen and oxygen atoms in total. The number of hydrogen-bond acceptors (Lipinski definition) is 3. The van der Waals surface area contributed by atoms with Gasteiger partial charge in [0.15, 0.2) is 0 Å².